The van der Waals surface area contributed by atoms with Crippen LogP contribution in [0.5, 0.6) is 0 Å². The average Bonchev–Trinajstić information content (AvgIpc) is 1.59. The number of halogens is 4. The summed E-state index contributed by atoms with van der Waals surface area (Å²) in [6.45, 7) is 0. The van der Waals surface area contributed by atoms with Crippen molar-refractivity contribution in [1.29, 1.82) is 0 Å². The Labute approximate surface area is 537 Å². The maximum absolute atomic E-state index is 10.7. The van der Waals surface area contributed by atoms with E-state index in [1.54, 1.807) is 99.1 Å². The van der Waals surface area contributed by atoms with Gasteiger partial charge >= 0.3 is 5.51 Å². The first-order valence-electron chi connectivity index (χ1n) is 27.6. The molecule has 16 rings (SSSR count). The quantitative estimate of drug-likeness (QED) is 0.0185. The minimum atomic E-state index is -6.09. The van der Waals surface area contributed by atoms with Gasteiger partial charge in [-0.15, -0.1) is 89.5 Å². The monoisotopic (exact) mass is 1390 g/mol. The van der Waals surface area contributed by atoms with Crippen LogP contribution in [-0.2, 0) is 30.5 Å². The van der Waals surface area contributed by atoms with Crippen molar-refractivity contribution in [2.75, 3.05) is 0 Å². The van der Waals surface area contributed by atoms with E-state index in [9.17, 15) is 13.2 Å². The molecule has 0 spiro atoms. The van der Waals surface area contributed by atoms with E-state index in [1.165, 1.54) is 0 Å². The Morgan fingerprint density at radius 3 is 0.362 bits per heavy atom. The van der Waals surface area contributed by atoms with Crippen molar-refractivity contribution in [3.05, 3.63) is 196 Å². The van der Waals surface area contributed by atoms with Gasteiger partial charge in [-0.2, -0.15) is 94.8 Å². The predicted octanol–water partition coefficient (Wildman–Crippen LogP) is -11.1. The van der Waals surface area contributed by atoms with Crippen LogP contribution in [0.3, 0.4) is 0 Å². The smallest absolute Gasteiger partial charge is 0.485 e. The van der Waals surface area contributed by atoms with Gasteiger partial charge in [0.05, 0.1) is 0 Å². The van der Waals surface area contributed by atoms with E-state index >= 15 is 0 Å². The molecule has 0 aliphatic heterocycles. The number of alkyl halides is 3. The third kappa shape index (κ3) is 11.9. The number of aromatic nitrogens is 32. The Morgan fingerprint density at radius 2 is 0.319 bits per heavy atom. The summed E-state index contributed by atoms with van der Waals surface area (Å²) in [7, 11) is -6.09. The Bertz CT molecular complexity index is 3570. The van der Waals surface area contributed by atoms with E-state index in [-0.39, 0.29) is 25.1 Å². The second-order valence-corrected chi connectivity index (χ2v) is 21.9. The molecule has 0 fully saturated rings. The van der Waals surface area contributed by atoms with E-state index in [0.29, 0.717) is 0 Å². The molecule has 16 aromatic heterocycles. The zero-order chi connectivity index (χ0) is 63.5. The van der Waals surface area contributed by atoms with Gasteiger partial charge in [0, 0.05) is 120 Å². The molecule has 16 heterocycles. The third-order valence-corrected chi connectivity index (χ3v) is 16.7. The first kappa shape index (κ1) is 64.9. The van der Waals surface area contributed by atoms with Crippen LogP contribution in [0.2, 0.25) is 0 Å². The van der Waals surface area contributed by atoms with Gasteiger partial charge < -0.3 is 90.8 Å². The van der Waals surface area contributed by atoms with Crippen molar-refractivity contribution < 1.29 is 51.3 Å². The molecule has 0 bridgehead atoms. The number of nitrogens with one attached hydrogen (secondary N) is 16. The molecule has 0 atom stereocenters. The van der Waals surface area contributed by atoms with Crippen molar-refractivity contribution in [2.24, 2.45) is 0 Å². The summed E-state index contributed by atoms with van der Waals surface area (Å²) in [5.41, 5.74) is 9.36. The summed E-state index contributed by atoms with van der Waals surface area (Å²) in [5, 5.41) is 115. The number of aromatic amines is 16. The molecular formula is C49H48B4F4N32O3PdS-6. The Hall–Kier alpha value is -12.1. The third-order valence-electron chi connectivity index (χ3n) is 16.1. The van der Waals surface area contributed by atoms with E-state index < -0.39 is 40.2 Å². The normalized spacial score (nSPS) is 11.7. The summed E-state index contributed by atoms with van der Waals surface area (Å²) in [6, 6.07) is 31.2. The largest absolute Gasteiger partial charge is 1.00 e. The molecule has 0 radical (unpaired) electrons. The van der Waals surface area contributed by atoms with Gasteiger partial charge in [-0.1, -0.05) is 97.1 Å². The number of H-pyrrole nitrogens is 16. The fourth-order valence-electron chi connectivity index (χ4n) is 12.1. The Balaban J connectivity index is 0.000000131. The molecule has 35 nitrogen and oxygen atoms in total. The van der Waals surface area contributed by atoms with E-state index in [4.69, 9.17) is 13.0 Å². The van der Waals surface area contributed by atoms with Crippen molar-refractivity contribution in [3.8, 4) is 0 Å². The second-order valence-electron chi connectivity index (χ2n) is 20.6. The van der Waals surface area contributed by atoms with Gasteiger partial charge in [-0.25, -0.2) is 8.42 Å². The Kier molecular flexibility index (Phi) is 19.3. The van der Waals surface area contributed by atoms with E-state index in [1.807, 2.05) is 97.1 Å². The molecule has 0 amide bonds. The maximum atomic E-state index is 10.7. The van der Waals surface area contributed by atoms with Crippen molar-refractivity contribution in [1.82, 2.24) is 163 Å². The summed E-state index contributed by atoms with van der Waals surface area (Å²) in [5.74, 6) is 0. The molecule has 16 aromatic rings. The molecule has 0 saturated carbocycles. The zero-order valence-electron chi connectivity index (χ0n) is 47.9. The molecule has 0 aliphatic rings. The molecular weight excluding hydrogens is 1340 g/mol. The summed E-state index contributed by atoms with van der Waals surface area (Å²) in [6.07, 6.45) is 21.6. The SMILES string of the molecule is O=S(=O)([O-])C(F)(F)F.[F-].[Pd].c1cc([B-](c2ccn[nH]2)(c2ccn[nH]2)c2ccn[nH]2)[nH]n1.c1cc([B-](c2ccn[nH]2)(c2ccn[nH]2)c2ccn[nH]2)[nH]n1.c1cc([B-](c2ccn[nH]2)(c2ccn[nH]2)c2ccn[nH]2)[nH]n1.c1cc([B-](c2ccn[nH]2)(c2ccn[nH]2)c2ccn[nH]2)[nH]n1. The molecule has 0 unspecified atom stereocenters. The predicted molar refractivity (Wildman–Crippen MR) is 330 cm³/mol. The number of hydrogen-bond acceptors (Lipinski definition) is 19. The average molecular weight is 1390 g/mol. The van der Waals surface area contributed by atoms with Crippen LogP contribution < -0.4 is 94.2 Å². The van der Waals surface area contributed by atoms with Crippen molar-refractivity contribution in [3.63, 3.8) is 0 Å². The molecule has 0 aromatic carbocycles. The number of nitrogens with zero attached hydrogens (tertiary/aromatic N) is 16. The van der Waals surface area contributed by atoms with Crippen molar-refractivity contribution in [2.45, 2.75) is 5.51 Å². The Morgan fingerprint density at radius 1 is 0.245 bits per heavy atom. The molecule has 0 saturated heterocycles. The zero-order valence-corrected chi connectivity index (χ0v) is 50.3. The summed E-state index contributed by atoms with van der Waals surface area (Å²) < 4.78 is 58.9. The van der Waals surface area contributed by atoms with Gasteiger partial charge in [0.2, 0.25) is 0 Å². The number of hydrogen-bond donors (Lipinski definition) is 16. The molecule has 484 valence electrons. The second kappa shape index (κ2) is 28.0. The maximum Gasteiger partial charge on any atom is 0.485 e. The van der Waals surface area contributed by atoms with Gasteiger partial charge in [-0.05, 0) is 0 Å². The van der Waals surface area contributed by atoms with Gasteiger partial charge in [0.25, 0.3) is 0 Å². The molecule has 16 N–H and O–H groups in total. The van der Waals surface area contributed by atoms with E-state index in [0.717, 1.165) is 89.5 Å². The first-order valence-corrected chi connectivity index (χ1v) is 29.0. The van der Waals surface area contributed by atoms with E-state index in [2.05, 4.69) is 163 Å². The van der Waals surface area contributed by atoms with Gasteiger partial charge in [-0.3, -0.25) is 0 Å². The van der Waals surface area contributed by atoms with Crippen LogP contribution in [0.1, 0.15) is 0 Å². The van der Waals surface area contributed by atoms with Crippen LogP contribution in [0.25, 0.3) is 0 Å². The fraction of sp³-hybridized carbons (Fsp3) is 0.0204. The summed E-state index contributed by atoms with van der Waals surface area (Å²) >= 11 is 0. The first-order chi connectivity index (χ1) is 44.9. The van der Waals surface area contributed by atoms with Crippen LogP contribution in [0, 0.1) is 0 Å². The fourth-order valence-corrected chi connectivity index (χ4v) is 12.1. The van der Waals surface area contributed by atoms with Crippen LogP contribution in [0.15, 0.2) is 196 Å². The minimum Gasteiger partial charge on any atom is -1.00 e. The topological polar surface area (TPSA) is 516 Å². The minimum absolute atomic E-state index is 0. The van der Waals surface area contributed by atoms with Gasteiger partial charge in [0.15, 0.2) is 34.7 Å². The van der Waals surface area contributed by atoms with Crippen molar-refractivity contribution >= 4 is 124 Å². The molecule has 45 heteroatoms. The number of rotatable bonds is 16. The van der Waals surface area contributed by atoms with Gasteiger partial charge in [0.1, 0.15) is 0 Å². The molecule has 94 heavy (non-hydrogen) atoms. The van der Waals surface area contributed by atoms with Crippen LogP contribution in [-0.4, -0.2) is 206 Å². The standard InChI is InChI=1S/4C12H12BN8.CHF3O3S.FH.Pd/c4*1-5-14-18-9(1)13(10-2-6-15-19-10,11-3-7-16-20-11)12-4-8-17-21-12;2-1(3,4)8(5,6)7;;/h4*1-8H,(H,14,18)(H,15,19)(H,16,20)(H,17,21);(H,5,6,7);1H;/q4*-1;;;/p-2. The summed E-state index contributed by atoms with van der Waals surface area (Å²) in [4.78, 5) is 0. The molecule has 0 aliphatic carbocycles. The van der Waals surface area contributed by atoms with Crippen LogP contribution in [0.4, 0.5) is 13.2 Å². The van der Waals surface area contributed by atoms with Crippen LogP contribution >= 0.6 is 0 Å².